The first-order valence-electron chi connectivity index (χ1n) is 12.2. The molecule has 180 valence electrons. The van der Waals surface area contributed by atoms with Gasteiger partial charge in [-0.15, -0.1) is 10.2 Å². The Bertz CT molecular complexity index is 1630. The SMILES string of the molecule is CCc1nc2c(Cl)cc(C)nc2n1Cc1ccc2c(c1)CCc1ccccc1/C2=C(/C)c1nn[nH]n1. The summed E-state index contributed by atoms with van der Waals surface area (Å²) in [6, 6.07) is 17.3. The lowest BCUT2D eigenvalue weighted by Crippen LogP contribution is -2.07. The average molecular weight is 496 g/mol. The summed E-state index contributed by atoms with van der Waals surface area (Å²) in [6.07, 6.45) is 2.74. The van der Waals surface area contributed by atoms with Crippen LogP contribution in [-0.4, -0.2) is 35.2 Å². The molecule has 0 saturated heterocycles. The summed E-state index contributed by atoms with van der Waals surface area (Å²) in [5, 5.41) is 15.6. The third-order valence-corrected chi connectivity index (χ3v) is 7.25. The molecular weight excluding hydrogens is 470 g/mol. The highest BCUT2D eigenvalue weighted by atomic mass is 35.5. The topological polar surface area (TPSA) is 85.2 Å². The molecule has 1 aliphatic rings. The van der Waals surface area contributed by atoms with Crippen LogP contribution < -0.4 is 0 Å². The normalized spacial score (nSPS) is 14.4. The second kappa shape index (κ2) is 8.99. The summed E-state index contributed by atoms with van der Waals surface area (Å²) in [4.78, 5) is 9.58. The van der Waals surface area contributed by atoms with Crippen LogP contribution in [0.15, 0.2) is 48.5 Å². The number of pyridine rings is 1. The number of benzene rings is 2. The van der Waals surface area contributed by atoms with Gasteiger partial charge in [0.05, 0.1) is 11.6 Å². The molecule has 5 aromatic rings. The van der Waals surface area contributed by atoms with Crippen LogP contribution in [-0.2, 0) is 25.8 Å². The second-order valence-electron chi connectivity index (χ2n) is 9.27. The van der Waals surface area contributed by atoms with Crippen LogP contribution >= 0.6 is 11.6 Å². The number of tetrazole rings is 1. The van der Waals surface area contributed by atoms with E-state index in [0.717, 1.165) is 53.1 Å². The lowest BCUT2D eigenvalue weighted by Gasteiger charge is -2.16. The maximum absolute atomic E-state index is 6.51. The maximum Gasteiger partial charge on any atom is 0.201 e. The van der Waals surface area contributed by atoms with E-state index in [1.165, 1.54) is 27.8 Å². The number of imidazole rings is 1. The average Bonchev–Trinajstić information content (AvgIpc) is 3.50. The van der Waals surface area contributed by atoms with Crippen molar-refractivity contribution in [3.05, 3.63) is 98.7 Å². The molecular formula is C28H26ClN7. The van der Waals surface area contributed by atoms with Crippen LogP contribution in [0.5, 0.6) is 0 Å². The van der Waals surface area contributed by atoms with Gasteiger partial charge in [0.25, 0.3) is 0 Å². The minimum Gasteiger partial charge on any atom is -0.308 e. The number of aromatic amines is 1. The van der Waals surface area contributed by atoms with Crippen molar-refractivity contribution in [1.82, 2.24) is 35.2 Å². The first-order chi connectivity index (χ1) is 17.5. The molecule has 7 nitrogen and oxygen atoms in total. The fourth-order valence-corrected chi connectivity index (χ4v) is 5.55. The third kappa shape index (κ3) is 3.80. The van der Waals surface area contributed by atoms with Gasteiger partial charge in [-0.05, 0) is 71.4 Å². The summed E-state index contributed by atoms with van der Waals surface area (Å²) in [7, 11) is 0. The van der Waals surface area contributed by atoms with Gasteiger partial charge in [0.15, 0.2) is 5.65 Å². The Balaban J connectivity index is 1.48. The molecule has 3 aromatic heterocycles. The van der Waals surface area contributed by atoms with E-state index in [1.54, 1.807) is 0 Å². The van der Waals surface area contributed by atoms with E-state index in [2.05, 4.69) is 81.5 Å². The van der Waals surface area contributed by atoms with Crippen molar-refractivity contribution in [2.75, 3.05) is 0 Å². The molecule has 0 unspecified atom stereocenters. The van der Waals surface area contributed by atoms with Gasteiger partial charge < -0.3 is 4.57 Å². The summed E-state index contributed by atoms with van der Waals surface area (Å²) < 4.78 is 2.20. The largest absolute Gasteiger partial charge is 0.308 e. The molecule has 3 heterocycles. The molecule has 2 aromatic carbocycles. The maximum atomic E-state index is 6.51. The van der Waals surface area contributed by atoms with Crippen molar-refractivity contribution < 1.29 is 0 Å². The fourth-order valence-electron chi connectivity index (χ4n) is 5.26. The Morgan fingerprint density at radius 1 is 1.03 bits per heavy atom. The Morgan fingerprint density at radius 3 is 2.64 bits per heavy atom. The minimum absolute atomic E-state index is 0.618. The van der Waals surface area contributed by atoms with Crippen LogP contribution in [0.25, 0.3) is 22.3 Å². The van der Waals surface area contributed by atoms with Gasteiger partial charge >= 0.3 is 0 Å². The number of nitrogens with one attached hydrogen (secondary N) is 1. The van der Waals surface area contributed by atoms with Gasteiger partial charge in [0, 0.05) is 17.7 Å². The molecule has 0 aliphatic heterocycles. The van der Waals surface area contributed by atoms with E-state index in [1.807, 2.05) is 13.0 Å². The second-order valence-corrected chi connectivity index (χ2v) is 9.68. The number of nitrogens with zero attached hydrogens (tertiary/aromatic N) is 6. The van der Waals surface area contributed by atoms with E-state index >= 15 is 0 Å². The van der Waals surface area contributed by atoms with Crippen LogP contribution in [0, 0.1) is 6.92 Å². The first kappa shape index (κ1) is 22.6. The van der Waals surface area contributed by atoms with Crippen molar-refractivity contribution in [2.45, 2.75) is 46.6 Å². The molecule has 0 bridgehead atoms. The predicted molar refractivity (Wildman–Crippen MR) is 142 cm³/mol. The number of hydrogen-bond acceptors (Lipinski definition) is 5. The van der Waals surface area contributed by atoms with Crippen molar-refractivity contribution >= 4 is 33.9 Å². The zero-order valence-corrected chi connectivity index (χ0v) is 21.3. The standard InChI is InChI=1S/C28H26ClN7/c1-4-24-31-26-23(29)13-16(2)30-28(26)36(24)15-18-9-12-22-20(14-18)11-10-19-7-5-6-8-21(19)25(22)17(3)27-32-34-35-33-27/h5-9,12-14H,4,10-11,15H2,1-3H3,(H,32,33,34,35)/b25-17+. The number of hydrogen-bond donors (Lipinski definition) is 1. The van der Waals surface area contributed by atoms with Gasteiger partial charge in [-0.1, -0.05) is 61.0 Å². The van der Waals surface area contributed by atoms with Crippen molar-refractivity contribution in [1.29, 1.82) is 0 Å². The Kier molecular flexibility index (Phi) is 5.64. The molecule has 0 radical (unpaired) electrons. The molecule has 0 saturated carbocycles. The number of aromatic nitrogens is 7. The molecule has 0 atom stereocenters. The highest BCUT2D eigenvalue weighted by molar-refractivity contribution is 6.34. The van der Waals surface area contributed by atoms with Gasteiger partial charge in [-0.25, -0.2) is 9.97 Å². The summed E-state index contributed by atoms with van der Waals surface area (Å²) >= 11 is 6.51. The van der Waals surface area contributed by atoms with E-state index in [0.29, 0.717) is 17.4 Å². The number of H-pyrrole nitrogens is 1. The third-order valence-electron chi connectivity index (χ3n) is 6.97. The van der Waals surface area contributed by atoms with Crippen molar-refractivity contribution in [2.24, 2.45) is 0 Å². The molecule has 0 amide bonds. The van der Waals surface area contributed by atoms with Crippen molar-refractivity contribution in [3.8, 4) is 0 Å². The quantitative estimate of drug-likeness (QED) is 0.351. The molecule has 8 heteroatoms. The molecule has 1 N–H and O–H groups in total. The molecule has 36 heavy (non-hydrogen) atoms. The minimum atomic E-state index is 0.618. The summed E-state index contributed by atoms with van der Waals surface area (Å²) in [5.74, 6) is 1.61. The molecule has 0 fully saturated rings. The van der Waals surface area contributed by atoms with Crippen LogP contribution in [0.3, 0.4) is 0 Å². The smallest absolute Gasteiger partial charge is 0.201 e. The predicted octanol–water partition coefficient (Wildman–Crippen LogP) is 5.59. The molecule has 1 aliphatic carbocycles. The summed E-state index contributed by atoms with van der Waals surface area (Å²) in [5.41, 5.74) is 11.0. The summed E-state index contributed by atoms with van der Waals surface area (Å²) in [6.45, 7) is 6.84. The van der Waals surface area contributed by atoms with Crippen LogP contribution in [0.4, 0.5) is 0 Å². The van der Waals surface area contributed by atoms with E-state index < -0.39 is 0 Å². The zero-order chi connectivity index (χ0) is 24.8. The van der Waals surface area contributed by atoms with E-state index in [9.17, 15) is 0 Å². The van der Waals surface area contributed by atoms with Crippen LogP contribution in [0.2, 0.25) is 5.02 Å². The van der Waals surface area contributed by atoms with Gasteiger partial charge in [-0.2, -0.15) is 5.21 Å². The number of halogens is 1. The lowest BCUT2D eigenvalue weighted by molar-refractivity contribution is 0.744. The molecule has 0 spiro atoms. The van der Waals surface area contributed by atoms with Gasteiger partial charge in [0.2, 0.25) is 5.82 Å². The fraction of sp³-hybridized carbons (Fsp3) is 0.250. The Morgan fingerprint density at radius 2 is 1.83 bits per heavy atom. The van der Waals surface area contributed by atoms with Crippen molar-refractivity contribution in [3.63, 3.8) is 0 Å². The highest BCUT2D eigenvalue weighted by Gasteiger charge is 2.23. The zero-order valence-electron chi connectivity index (χ0n) is 20.5. The Hall–Kier alpha value is -3.84. The van der Waals surface area contributed by atoms with Gasteiger partial charge in [-0.3, -0.25) is 0 Å². The monoisotopic (exact) mass is 495 g/mol. The number of rotatable bonds is 4. The van der Waals surface area contributed by atoms with E-state index in [-0.39, 0.29) is 0 Å². The number of allylic oxidation sites excluding steroid dienone is 1. The number of aryl methyl sites for hydroxylation is 4. The Labute approximate surface area is 214 Å². The highest BCUT2D eigenvalue weighted by Crippen LogP contribution is 2.38. The van der Waals surface area contributed by atoms with E-state index in [4.69, 9.17) is 21.6 Å². The van der Waals surface area contributed by atoms with Crippen LogP contribution in [0.1, 0.15) is 59.0 Å². The molecule has 6 rings (SSSR count). The lowest BCUT2D eigenvalue weighted by atomic mass is 9.89. The van der Waals surface area contributed by atoms with Gasteiger partial charge in [0.1, 0.15) is 11.3 Å². The number of fused-ring (bicyclic) bond motifs is 3. The first-order valence-corrected chi connectivity index (χ1v) is 12.6.